The average molecular weight is 398 g/mol. The van der Waals surface area contributed by atoms with Crippen LogP contribution in [0.25, 0.3) is 5.69 Å². The molecular formula is C22H28ClN5. The Kier molecular flexibility index (Phi) is 6.83. The summed E-state index contributed by atoms with van der Waals surface area (Å²) >= 11 is 0. The lowest BCUT2D eigenvalue weighted by Crippen LogP contribution is -2.45. The molecule has 0 amide bonds. The Bertz CT molecular complexity index is 863. The molecule has 0 saturated carbocycles. The van der Waals surface area contributed by atoms with Gasteiger partial charge in [-0.3, -0.25) is 9.88 Å². The molecule has 3 heterocycles. The quantitative estimate of drug-likeness (QED) is 0.707. The van der Waals surface area contributed by atoms with Crippen molar-refractivity contribution >= 4 is 12.4 Å². The maximum absolute atomic E-state index is 4.91. The highest BCUT2D eigenvalue weighted by atomic mass is 35.5. The first-order valence-electron chi connectivity index (χ1n) is 9.71. The number of nitrogens with one attached hydrogen (secondary N) is 1. The van der Waals surface area contributed by atoms with E-state index in [1.54, 1.807) is 0 Å². The number of benzene rings is 1. The molecule has 0 aliphatic carbocycles. The summed E-state index contributed by atoms with van der Waals surface area (Å²) in [5, 5.41) is 8.44. The lowest BCUT2D eigenvalue weighted by Gasteiger charge is -2.36. The van der Waals surface area contributed by atoms with Gasteiger partial charge in [-0.15, -0.1) is 12.4 Å². The van der Waals surface area contributed by atoms with Gasteiger partial charge >= 0.3 is 0 Å². The highest BCUT2D eigenvalue weighted by molar-refractivity contribution is 5.85. The van der Waals surface area contributed by atoms with Crippen LogP contribution in [-0.2, 0) is 6.54 Å². The van der Waals surface area contributed by atoms with E-state index in [0.29, 0.717) is 12.0 Å². The standard InChI is InChI=1S/C22H27N5.ClH/c1-17(2)22-19(16-27(25-22)20-6-4-3-5-7-20)15-26-13-12-24-14-21(26)18-8-10-23-11-9-18;/h3-11,16-17,21,24H,12-15H2,1-2H3;1H. The Balaban J connectivity index is 0.00000225. The Morgan fingerprint density at radius 2 is 1.86 bits per heavy atom. The van der Waals surface area contributed by atoms with E-state index in [1.165, 1.54) is 16.8 Å². The fourth-order valence-electron chi connectivity index (χ4n) is 3.81. The van der Waals surface area contributed by atoms with E-state index in [1.807, 2.05) is 23.1 Å². The molecule has 1 aromatic carbocycles. The van der Waals surface area contributed by atoms with Gasteiger partial charge in [-0.05, 0) is 35.7 Å². The van der Waals surface area contributed by atoms with Crippen molar-refractivity contribution in [3.05, 3.63) is 77.9 Å². The fourth-order valence-corrected chi connectivity index (χ4v) is 3.81. The number of nitrogens with zero attached hydrogens (tertiary/aromatic N) is 4. The fraction of sp³-hybridized carbons (Fsp3) is 0.364. The van der Waals surface area contributed by atoms with Crippen molar-refractivity contribution in [1.82, 2.24) is 25.0 Å². The molecule has 0 bridgehead atoms. The largest absolute Gasteiger partial charge is 0.314 e. The van der Waals surface area contributed by atoms with Crippen molar-refractivity contribution < 1.29 is 0 Å². The second-order valence-electron chi connectivity index (χ2n) is 7.45. The molecule has 1 N–H and O–H groups in total. The van der Waals surface area contributed by atoms with Gasteiger partial charge in [0.25, 0.3) is 0 Å². The molecule has 4 rings (SSSR count). The topological polar surface area (TPSA) is 46.0 Å². The maximum Gasteiger partial charge on any atom is 0.0699 e. The van der Waals surface area contributed by atoms with Gasteiger partial charge in [0.2, 0.25) is 0 Å². The van der Waals surface area contributed by atoms with E-state index < -0.39 is 0 Å². The third-order valence-corrected chi connectivity index (χ3v) is 5.21. The van der Waals surface area contributed by atoms with Crippen LogP contribution in [0.3, 0.4) is 0 Å². The van der Waals surface area contributed by atoms with Crippen LogP contribution >= 0.6 is 12.4 Å². The normalized spacial score (nSPS) is 17.5. The van der Waals surface area contributed by atoms with Crippen molar-refractivity contribution in [3.63, 3.8) is 0 Å². The van der Waals surface area contributed by atoms with Gasteiger partial charge in [0, 0.05) is 56.4 Å². The van der Waals surface area contributed by atoms with Crippen LogP contribution in [0.2, 0.25) is 0 Å². The van der Waals surface area contributed by atoms with Crippen LogP contribution in [0, 0.1) is 0 Å². The van der Waals surface area contributed by atoms with E-state index in [0.717, 1.165) is 31.9 Å². The molecule has 2 aromatic heterocycles. The summed E-state index contributed by atoms with van der Waals surface area (Å²) in [4.78, 5) is 6.73. The predicted octanol–water partition coefficient (Wildman–Crippen LogP) is 3.96. The lowest BCUT2D eigenvalue weighted by molar-refractivity contribution is 0.153. The molecule has 0 spiro atoms. The van der Waals surface area contributed by atoms with E-state index in [9.17, 15) is 0 Å². The van der Waals surface area contributed by atoms with Gasteiger partial charge < -0.3 is 5.32 Å². The van der Waals surface area contributed by atoms with E-state index >= 15 is 0 Å². The SMILES string of the molecule is CC(C)c1nn(-c2ccccc2)cc1CN1CCNCC1c1ccncc1.Cl. The summed E-state index contributed by atoms with van der Waals surface area (Å²) in [7, 11) is 0. The minimum absolute atomic E-state index is 0. The highest BCUT2D eigenvalue weighted by Crippen LogP contribution is 2.27. The molecule has 5 nitrogen and oxygen atoms in total. The second kappa shape index (κ2) is 9.32. The van der Waals surface area contributed by atoms with Crippen LogP contribution in [0.5, 0.6) is 0 Å². The molecule has 1 aliphatic heterocycles. The predicted molar refractivity (Wildman–Crippen MR) is 115 cm³/mol. The van der Waals surface area contributed by atoms with Crippen LogP contribution < -0.4 is 5.32 Å². The Labute approximate surface area is 173 Å². The molecule has 3 aromatic rings. The van der Waals surface area contributed by atoms with Crippen molar-refractivity contribution in [3.8, 4) is 5.69 Å². The van der Waals surface area contributed by atoms with E-state index in [2.05, 4.69) is 71.6 Å². The minimum Gasteiger partial charge on any atom is -0.314 e. The molecule has 1 fully saturated rings. The van der Waals surface area contributed by atoms with Gasteiger partial charge in [0.15, 0.2) is 0 Å². The lowest BCUT2D eigenvalue weighted by atomic mass is 10.0. The molecule has 148 valence electrons. The number of para-hydroxylation sites is 1. The Morgan fingerprint density at radius 3 is 2.57 bits per heavy atom. The highest BCUT2D eigenvalue weighted by Gasteiger charge is 2.25. The second-order valence-corrected chi connectivity index (χ2v) is 7.45. The number of aromatic nitrogens is 3. The number of pyridine rings is 1. The summed E-state index contributed by atoms with van der Waals surface area (Å²) < 4.78 is 2.02. The molecule has 6 heteroatoms. The average Bonchev–Trinajstić information content (AvgIpc) is 3.14. The summed E-state index contributed by atoms with van der Waals surface area (Å²) in [5.41, 5.74) is 4.93. The van der Waals surface area contributed by atoms with Crippen molar-refractivity contribution in [1.29, 1.82) is 0 Å². The van der Waals surface area contributed by atoms with Crippen LogP contribution in [-0.4, -0.2) is 39.3 Å². The third-order valence-electron chi connectivity index (χ3n) is 5.21. The van der Waals surface area contributed by atoms with E-state index in [-0.39, 0.29) is 12.4 Å². The zero-order chi connectivity index (χ0) is 18.6. The van der Waals surface area contributed by atoms with Crippen LogP contribution in [0.15, 0.2) is 61.1 Å². The molecule has 28 heavy (non-hydrogen) atoms. The van der Waals surface area contributed by atoms with Crippen molar-refractivity contribution in [2.75, 3.05) is 19.6 Å². The first-order chi connectivity index (χ1) is 13.2. The molecule has 1 aliphatic rings. The van der Waals surface area contributed by atoms with Gasteiger partial charge in [0.1, 0.15) is 0 Å². The van der Waals surface area contributed by atoms with Crippen LogP contribution in [0.1, 0.15) is 42.6 Å². The number of hydrogen-bond acceptors (Lipinski definition) is 4. The third kappa shape index (κ3) is 4.43. The van der Waals surface area contributed by atoms with E-state index in [4.69, 9.17) is 5.10 Å². The summed E-state index contributed by atoms with van der Waals surface area (Å²) in [6.45, 7) is 8.37. The maximum atomic E-state index is 4.91. The first kappa shape index (κ1) is 20.5. The Morgan fingerprint density at radius 1 is 1.11 bits per heavy atom. The summed E-state index contributed by atoms with van der Waals surface area (Å²) in [5.74, 6) is 0.396. The smallest absolute Gasteiger partial charge is 0.0699 e. The molecule has 1 atom stereocenters. The molecule has 0 radical (unpaired) electrons. The first-order valence-corrected chi connectivity index (χ1v) is 9.71. The van der Waals surface area contributed by atoms with Gasteiger partial charge in [-0.1, -0.05) is 32.0 Å². The Hall–Kier alpha value is -2.21. The van der Waals surface area contributed by atoms with Gasteiger partial charge in [-0.25, -0.2) is 4.68 Å². The number of piperazine rings is 1. The number of hydrogen-bond donors (Lipinski definition) is 1. The minimum atomic E-state index is 0. The van der Waals surface area contributed by atoms with Crippen LogP contribution in [0.4, 0.5) is 0 Å². The zero-order valence-electron chi connectivity index (χ0n) is 16.5. The van der Waals surface area contributed by atoms with Crippen molar-refractivity contribution in [2.24, 2.45) is 0 Å². The number of halogens is 1. The van der Waals surface area contributed by atoms with Gasteiger partial charge in [0.05, 0.1) is 11.4 Å². The molecule has 1 unspecified atom stereocenters. The van der Waals surface area contributed by atoms with Crippen molar-refractivity contribution in [2.45, 2.75) is 32.4 Å². The molecule has 1 saturated heterocycles. The molecular weight excluding hydrogens is 370 g/mol. The monoisotopic (exact) mass is 397 g/mol. The summed E-state index contributed by atoms with van der Waals surface area (Å²) in [6.07, 6.45) is 5.97. The zero-order valence-corrected chi connectivity index (χ0v) is 17.3. The summed E-state index contributed by atoms with van der Waals surface area (Å²) in [6, 6.07) is 15.0. The van der Waals surface area contributed by atoms with Gasteiger partial charge in [-0.2, -0.15) is 5.10 Å². The number of rotatable bonds is 5.